The molecule has 170 valence electrons. The number of halogens is 2. The van der Waals surface area contributed by atoms with Gasteiger partial charge in [-0.3, -0.25) is 4.79 Å². The lowest BCUT2D eigenvalue weighted by atomic mass is 9.73. The summed E-state index contributed by atoms with van der Waals surface area (Å²) in [5.74, 6) is -0.310. The molecule has 6 heteroatoms. The van der Waals surface area contributed by atoms with Gasteiger partial charge in [0, 0.05) is 36.8 Å². The van der Waals surface area contributed by atoms with E-state index in [9.17, 15) is 18.7 Å². The number of benzene rings is 1. The molecule has 32 heavy (non-hydrogen) atoms. The molecule has 2 aliphatic heterocycles. The van der Waals surface area contributed by atoms with Crippen molar-refractivity contribution < 1.29 is 18.7 Å². The van der Waals surface area contributed by atoms with Gasteiger partial charge in [-0.05, 0) is 91.7 Å². The third-order valence-corrected chi connectivity index (χ3v) is 7.91. The van der Waals surface area contributed by atoms with Crippen molar-refractivity contribution in [1.29, 1.82) is 0 Å². The van der Waals surface area contributed by atoms with Crippen LogP contribution in [0.15, 0.2) is 47.3 Å². The van der Waals surface area contributed by atoms with Gasteiger partial charge in [0.2, 0.25) is 0 Å². The van der Waals surface area contributed by atoms with Crippen molar-refractivity contribution in [3.05, 3.63) is 70.1 Å². The number of fused-ring (bicyclic) bond motifs is 2. The Balaban J connectivity index is 1.38. The number of carbonyl (C=O) groups is 1. The van der Waals surface area contributed by atoms with Crippen LogP contribution in [0.5, 0.6) is 0 Å². The first kappa shape index (κ1) is 21.4. The van der Waals surface area contributed by atoms with Crippen LogP contribution >= 0.6 is 0 Å². The molecule has 1 aromatic rings. The number of aliphatic hydroxyl groups excluding tert-OH is 1. The molecule has 1 amide bonds. The van der Waals surface area contributed by atoms with Gasteiger partial charge >= 0.3 is 0 Å². The fourth-order valence-corrected chi connectivity index (χ4v) is 6.36. The minimum absolute atomic E-state index is 0.00311. The zero-order chi connectivity index (χ0) is 22.5. The number of carbonyl (C=O) groups excluding carboxylic acids is 1. The molecule has 4 nitrogen and oxygen atoms in total. The Morgan fingerprint density at radius 3 is 2.59 bits per heavy atom. The summed E-state index contributed by atoms with van der Waals surface area (Å²) in [5, 5.41) is 12.6. The summed E-state index contributed by atoms with van der Waals surface area (Å²) in [5.41, 5.74) is 3.85. The summed E-state index contributed by atoms with van der Waals surface area (Å²) < 4.78 is 28.9. The van der Waals surface area contributed by atoms with Crippen LogP contribution in [-0.2, 0) is 10.2 Å². The van der Waals surface area contributed by atoms with Crippen LogP contribution in [-0.4, -0.2) is 35.6 Å². The summed E-state index contributed by atoms with van der Waals surface area (Å²) in [6.45, 7) is 5.58. The summed E-state index contributed by atoms with van der Waals surface area (Å²) in [6, 6.07) is 2.44. The quantitative estimate of drug-likeness (QED) is 0.724. The van der Waals surface area contributed by atoms with Crippen molar-refractivity contribution in [3.8, 4) is 0 Å². The third-order valence-electron chi connectivity index (χ3n) is 7.91. The highest BCUT2D eigenvalue weighted by Gasteiger charge is 2.47. The van der Waals surface area contributed by atoms with E-state index in [1.54, 1.807) is 0 Å². The number of rotatable bonds is 3. The van der Waals surface area contributed by atoms with Crippen LogP contribution in [0, 0.1) is 11.6 Å². The zero-order valence-corrected chi connectivity index (χ0v) is 18.4. The summed E-state index contributed by atoms with van der Waals surface area (Å²) in [4.78, 5) is 15.0. The molecule has 1 aromatic carbocycles. The van der Waals surface area contributed by atoms with Crippen LogP contribution in [0.1, 0.15) is 68.4 Å². The lowest BCUT2D eigenvalue weighted by Gasteiger charge is -2.42. The van der Waals surface area contributed by atoms with Gasteiger partial charge in [-0.2, -0.15) is 0 Å². The Labute approximate surface area is 187 Å². The second-order valence-corrected chi connectivity index (χ2v) is 9.71. The van der Waals surface area contributed by atoms with E-state index in [2.05, 4.69) is 16.8 Å². The Morgan fingerprint density at radius 1 is 1.16 bits per heavy atom. The van der Waals surface area contributed by atoms with Crippen LogP contribution in [0.4, 0.5) is 8.78 Å². The first-order chi connectivity index (χ1) is 15.4. The highest BCUT2D eigenvalue weighted by Crippen LogP contribution is 2.54. The van der Waals surface area contributed by atoms with Crippen LogP contribution in [0.3, 0.4) is 0 Å². The van der Waals surface area contributed by atoms with E-state index in [0.29, 0.717) is 25.1 Å². The van der Waals surface area contributed by atoms with Crippen molar-refractivity contribution in [3.63, 3.8) is 0 Å². The average Bonchev–Trinajstić information content (AvgIpc) is 2.99. The second-order valence-electron chi connectivity index (χ2n) is 9.71. The minimum Gasteiger partial charge on any atom is -0.396 e. The summed E-state index contributed by atoms with van der Waals surface area (Å²) in [6.07, 6.45) is 8.47. The summed E-state index contributed by atoms with van der Waals surface area (Å²) in [7, 11) is 0. The van der Waals surface area contributed by atoms with E-state index in [1.807, 2.05) is 6.08 Å². The van der Waals surface area contributed by atoms with Gasteiger partial charge in [0.05, 0.1) is 0 Å². The Hall–Kier alpha value is -2.47. The molecular weight excluding hydrogens is 410 g/mol. The first-order valence-corrected chi connectivity index (χ1v) is 11.7. The lowest BCUT2D eigenvalue weighted by molar-refractivity contribution is -0.117. The molecule has 1 saturated heterocycles. The maximum atomic E-state index is 15.0. The van der Waals surface area contributed by atoms with Crippen molar-refractivity contribution in [1.82, 2.24) is 10.2 Å². The van der Waals surface area contributed by atoms with E-state index in [1.165, 1.54) is 6.07 Å². The van der Waals surface area contributed by atoms with Crippen molar-refractivity contribution in [2.75, 3.05) is 19.7 Å². The number of piperidine rings is 1. The fourth-order valence-electron chi connectivity index (χ4n) is 6.36. The molecule has 0 saturated carbocycles. The van der Waals surface area contributed by atoms with Gasteiger partial charge in [0.25, 0.3) is 5.91 Å². The van der Waals surface area contributed by atoms with Crippen LogP contribution in [0.25, 0.3) is 0 Å². The van der Waals surface area contributed by atoms with Gasteiger partial charge in [0.15, 0.2) is 0 Å². The molecule has 5 rings (SSSR count). The van der Waals surface area contributed by atoms with E-state index in [0.717, 1.165) is 79.1 Å². The smallest absolute Gasteiger partial charge is 0.252 e. The molecule has 0 aromatic heterocycles. The zero-order valence-electron chi connectivity index (χ0n) is 18.4. The SMILES string of the molecule is C=C1C=C(N2CCC3(CC2)CC(CCO)c2cc(F)cc(F)c23)NC(=O)C2=C1CCCC2. The Morgan fingerprint density at radius 2 is 1.88 bits per heavy atom. The fraction of sp³-hybridized carbons (Fsp3) is 0.500. The highest BCUT2D eigenvalue weighted by molar-refractivity contribution is 5.97. The molecule has 1 fully saturated rings. The molecular formula is C26H30F2N2O2. The van der Waals surface area contributed by atoms with Gasteiger partial charge in [-0.25, -0.2) is 8.78 Å². The number of nitrogens with zero attached hydrogens (tertiary/aromatic N) is 1. The molecule has 2 heterocycles. The number of aliphatic hydroxyl groups is 1. The highest BCUT2D eigenvalue weighted by atomic mass is 19.1. The van der Waals surface area contributed by atoms with Crippen LogP contribution < -0.4 is 5.32 Å². The second kappa shape index (κ2) is 8.14. The van der Waals surface area contributed by atoms with E-state index < -0.39 is 11.6 Å². The minimum atomic E-state index is -0.556. The molecule has 2 N–H and O–H groups in total. The number of allylic oxidation sites excluding steroid dienone is 3. The van der Waals surface area contributed by atoms with Gasteiger partial charge in [-0.1, -0.05) is 6.58 Å². The number of hydrogen-bond donors (Lipinski definition) is 2. The monoisotopic (exact) mass is 440 g/mol. The molecule has 0 radical (unpaired) electrons. The van der Waals surface area contributed by atoms with E-state index in [4.69, 9.17) is 0 Å². The maximum absolute atomic E-state index is 15.0. The molecule has 2 aliphatic carbocycles. The van der Waals surface area contributed by atoms with Crippen molar-refractivity contribution in [2.24, 2.45) is 0 Å². The topological polar surface area (TPSA) is 52.6 Å². The third kappa shape index (κ3) is 3.49. The standard InChI is InChI=1S/C26H30F2N2O2/c1-16-12-23(29-25(32)20-5-3-2-4-19(16)20)30-9-7-26(8-10-30)15-17(6-11-31)21-13-18(27)14-22(28)24(21)26/h12-14,17,31H,1-11,15H2,(H,29,32). The lowest BCUT2D eigenvalue weighted by Crippen LogP contribution is -2.45. The average molecular weight is 441 g/mol. The van der Waals surface area contributed by atoms with Crippen LogP contribution in [0.2, 0.25) is 0 Å². The predicted molar refractivity (Wildman–Crippen MR) is 119 cm³/mol. The van der Waals surface area contributed by atoms with Gasteiger partial charge in [0.1, 0.15) is 17.5 Å². The molecule has 0 bridgehead atoms. The Bertz CT molecular complexity index is 1030. The number of amides is 1. The van der Waals surface area contributed by atoms with E-state index >= 15 is 0 Å². The molecule has 4 aliphatic rings. The maximum Gasteiger partial charge on any atom is 0.252 e. The van der Waals surface area contributed by atoms with Crippen molar-refractivity contribution >= 4 is 5.91 Å². The molecule has 1 spiro atoms. The summed E-state index contributed by atoms with van der Waals surface area (Å²) >= 11 is 0. The van der Waals surface area contributed by atoms with Crippen molar-refractivity contribution in [2.45, 2.75) is 62.7 Å². The van der Waals surface area contributed by atoms with Gasteiger partial charge in [-0.15, -0.1) is 0 Å². The normalized spacial score (nSPS) is 24.8. The Kier molecular flexibility index (Phi) is 5.44. The first-order valence-electron chi connectivity index (χ1n) is 11.7. The predicted octanol–water partition coefficient (Wildman–Crippen LogP) is 4.57. The number of nitrogens with one attached hydrogen (secondary N) is 1. The molecule has 1 unspecified atom stereocenters. The number of likely N-dealkylation sites (tertiary alicyclic amines) is 1. The molecule has 1 atom stereocenters. The van der Waals surface area contributed by atoms with E-state index in [-0.39, 0.29) is 23.8 Å². The van der Waals surface area contributed by atoms with Gasteiger partial charge < -0.3 is 15.3 Å². The number of hydrogen-bond acceptors (Lipinski definition) is 3. The largest absolute Gasteiger partial charge is 0.396 e.